The fraction of sp³-hybridized carbons (Fsp3) is 0.875. The summed E-state index contributed by atoms with van der Waals surface area (Å²) in [4.78, 5) is 23.2. The number of urea groups is 1. The van der Waals surface area contributed by atoms with Crippen LogP contribution in [0.15, 0.2) is 0 Å². The van der Waals surface area contributed by atoms with Crippen LogP contribution in [-0.2, 0) is 4.79 Å². The molecule has 0 saturated heterocycles. The van der Waals surface area contributed by atoms with E-state index < -0.39 is 0 Å². The molecule has 0 radical (unpaired) electrons. The molecule has 0 aromatic rings. The molecule has 1 aliphatic carbocycles. The minimum Gasteiger partial charge on any atom is -0.356 e. The number of rotatable bonds is 9. The number of nitrogens with one attached hydrogen (secondary N) is 3. The highest BCUT2D eigenvalue weighted by Gasteiger charge is 2.15. The van der Waals surface area contributed by atoms with Crippen molar-refractivity contribution in [3.05, 3.63) is 0 Å². The molecule has 0 bridgehead atoms. The predicted molar refractivity (Wildman–Crippen MR) is 85.2 cm³/mol. The van der Waals surface area contributed by atoms with Gasteiger partial charge in [-0.15, -0.1) is 0 Å². The minimum atomic E-state index is -0.0924. The molecule has 5 nitrogen and oxygen atoms in total. The lowest BCUT2D eigenvalue weighted by molar-refractivity contribution is -0.121. The van der Waals surface area contributed by atoms with Crippen molar-refractivity contribution in [2.24, 2.45) is 0 Å². The van der Waals surface area contributed by atoms with Crippen molar-refractivity contribution in [3.63, 3.8) is 0 Å². The van der Waals surface area contributed by atoms with Gasteiger partial charge in [-0.2, -0.15) is 0 Å². The molecule has 1 aliphatic rings. The van der Waals surface area contributed by atoms with Gasteiger partial charge in [0.2, 0.25) is 5.91 Å². The Balaban J connectivity index is 1.95. The molecule has 0 aliphatic heterocycles. The zero-order valence-electron chi connectivity index (χ0n) is 13.4. The van der Waals surface area contributed by atoms with E-state index in [4.69, 9.17) is 0 Å². The number of unbranched alkanes of at least 4 members (excludes halogenated alkanes) is 2. The van der Waals surface area contributed by atoms with Gasteiger partial charge in [0, 0.05) is 25.6 Å². The van der Waals surface area contributed by atoms with Gasteiger partial charge in [-0.3, -0.25) is 4.79 Å². The lowest BCUT2D eigenvalue weighted by atomic mass is 9.96. The summed E-state index contributed by atoms with van der Waals surface area (Å²) in [6.45, 7) is 3.47. The number of carbonyl (C=O) groups excluding carboxylic acids is 2. The first-order valence-corrected chi connectivity index (χ1v) is 8.53. The third-order valence-electron chi connectivity index (χ3n) is 3.91. The van der Waals surface area contributed by atoms with Gasteiger partial charge in [0.05, 0.1) is 0 Å². The minimum absolute atomic E-state index is 0.0839. The molecule has 0 atom stereocenters. The Hall–Kier alpha value is -1.26. The third kappa shape index (κ3) is 9.32. The Kier molecular flexibility index (Phi) is 9.66. The maximum atomic E-state index is 11.7. The Morgan fingerprint density at radius 3 is 2.38 bits per heavy atom. The van der Waals surface area contributed by atoms with Gasteiger partial charge in [-0.05, 0) is 25.7 Å². The highest BCUT2D eigenvalue weighted by molar-refractivity contribution is 5.76. The van der Waals surface area contributed by atoms with Gasteiger partial charge in [-0.1, -0.05) is 39.0 Å². The van der Waals surface area contributed by atoms with Crippen molar-refractivity contribution < 1.29 is 9.59 Å². The standard InChI is InChI=1S/C16H31N3O2/c1-2-3-7-12-17-15(20)11-8-13-18-16(21)19-14-9-5-4-6-10-14/h14H,2-13H2,1H3,(H,17,20)(H2,18,19,21). The number of hydrogen-bond donors (Lipinski definition) is 3. The molecule has 21 heavy (non-hydrogen) atoms. The molecular formula is C16H31N3O2. The zero-order chi connectivity index (χ0) is 15.3. The smallest absolute Gasteiger partial charge is 0.315 e. The first kappa shape index (κ1) is 17.8. The number of carbonyl (C=O) groups is 2. The lowest BCUT2D eigenvalue weighted by Gasteiger charge is -2.22. The fourth-order valence-electron chi connectivity index (χ4n) is 2.63. The molecule has 1 rings (SSSR count). The zero-order valence-corrected chi connectivity index (χ0v) is 13.4. The molecule has 1 saturated carbocycles. The van der Waals surface area contributed by atoms with Crippen molar-refractivity contribution in [1.82, 2.24) is 16.0 Å². The molecule has 3 N–H and O–H groups in total. The van der Waals surface area contributed by atoms with Gasteiger partial charge < -0.3 is 16.0 Å². The van der Waals surface area contributed by atoms with Crippen LogP contribution >= 0.6 is 0 Å². The molecule has 5 heteroatoms. The van der Waals surface area contributed by atoms with E-state index in [2.05, 4.69) is 22.9 Å². The molecule has 122 valence electrons. The molecule has 3 amide bonds. The number of hydrogen-bond acceptors (Lipinski definition) is 2. The van der Waals surface area contributed by atoms with E-state index in [9.17, 15) is 9.59 Å². The molecule has 0 aromatic heterocycles. The van der Waals surface area contributed by atoms with Crippen LogP contribution in [0, 0.1) is 0 Å². The average Bonchev–Trinajstić information content (AvgIpc) is 2.49. The van der Waals surface area contributed by atoms with Crippen molar-refractivity contribution in [2.45, 2.75) is 77.2 Å². The summed E-state index contributed by atoms with van der Waals surface area (Å²) < 4.78 is 0. The van der Waals surface area contributed by atoms with Crippen molar-refractivity contribution >= 4 is 11.9 Å². The van der Waals surface area contributed by atoms with Crippen molar-refractivity contribution in [3.8, 4) is 0 Å². The van der Waals surface area contributed by atoms with Gasteiger partial charge >= 0.3 is 6.03 Å². The van der Waals surface area contributed by atoms with E-state index in [0.29, 0.717) is 25.4 Å². The largest absolute Gasteiger partial charge is 0.356 e. The summed E-state index contributed by atoms with van der Waals surface area (Å²) in [5, 5.41) is 8.74. The van der Waals surface area contributed by atoms with E-state index in [0.717, 1.165) is 38.6 Å². The van der Waals surface area contributed by atoms with Crippen LogP contribution in [0.5, 0.6) is 0 Å². The SMILES string of the molecule is CCCCCNC(=O)CCCNC(=O)NC1CCCCC1. The quantitative estimate of drug-likeness (QED) is 0.573. The molecule has 0 unspecified atom stereocenters. The Morgan fingerprint density at radius 1 is 0.952 bits per heavy atom. The van der Waals surface area contributed by atoms with Gasteiger partial charge in [0.1, 0.15) is 0 Å². The number of amides is 3. The van der Waals surface area contributed by atoms with Gasteiger partial charge in [-0.25, -0.2) is 4.79 Å². The molecular weight excluding hydrogens is 266 g/mol. The molecule has 0 spiro atoms. The van der Waals surface area contributed by atoms with Crippen LogP contribution < -0.4 is 16.0 Å². The highest BCUT2D eigenvalue weighted by atomic mass is 16.2. The second-order valence-electron chi connectivity index (χ2n) is 5.90. The average molecular weight is 297 g/mol. The fourth-order valence-corrected chi connectivity index (χ4v) is 2.63. The summed E-state index contributed by atoms with van der Waals surface area (Å²) in [7, 11) is 0. The second-order valence-corrected chi connectivity index (χ2v) is 5.90. The molecule has 1 fully saturated rings. The van der Waals surface area contributed by atoms with Crippen LogP contribution in [0.4, 0.5) is 4.79 Å². The van der Waals surface area contributed by atoms with E-state index >= 15 is 0 Å². The summed E-state index contributed by atoms with van der Waals surface area (Å²) in [6.07, 6.45) is 10.4. The molecule has 0 aromatic carbocycles. The van der Waals surface area contributed by atoms with Crippen LogP contribution in [-0.4, -0.2) is 31.1 Å². The maximum Gasteiger partial charge on any atom is 0.315 e. The maximum absolute atomic E-state index is 11.7. The van der Waals surface area contributed by atoms with Crippen LogP contribution in [0.1, 0.15) is 71.1 Å². The van der Waals surface area contributed by atoms with E-state index in [1.807, 2.05) is 0 Å². The normalized spacial score (nSPS) is 15.5. The summed E-state index contributed by atoms with van der Waals surface area (Å²) in [5.41, 5.74) is 0. The van der Waals surface area contributed by atoms with Crippen LogP contribution in [0.2, 0.25) is 0 Å². The van der Waals surface area contributed by atoms with Gasteiger partial charge in [0.25, 0.3) is 0 Å². The topological polar surface area (TPSA) is 70.2 Å². The van der Waals surface area contributed by atoms with Crippen LogP contribution in [0.3, 0.4) is 0 Å². The predicted octanol–water partition coefficient (Wildman–Crippen LogP) is 2.70. The van der Waals surface area contributed by atoms with E-state index in [1.165, 1.54) is 19.3 Å². The summed E-state index contributed by atoms with van der Waals surface area (Å²) in [6, 6.07) is 0.242. The lowest BCUT2D eigenvalue weighted by Crippen LogP contribution is -2.43. The monoisotopic (exact) mass is 297 g/mol. The Bertz CT molecular complexity index is 302. The molecule has 0 heterocycles. The van der Waals surface area contributed by atoms with E-state index in [1.54, 1.807) is 0 Å². The third-order valence-corrected chi connectivity index (χ3v) is 3.91. The van der Waals surface area contributed by atoms with Gasteiger partial charge in [0.15, 0.2) is 0 Å². The Labute approximate surface area is 128 Å². The highest BCUT2D eigenvalue weighted by Crippen LogP contribution is 2.17. The first-order valence-electron chi connectivity index (χ1n) is 8.53. The summed E-state index contributed by atoms with van der Waals surface area (Å²) >= 11 is 0. The summed E-state index contributed by atoms with van der Waals surface area (Å²) in [5.74, 6) is 0.0839. The van der Waals surface area contributed by atoms with E-state index in [-0.39, 0.29) is 11.9 Å². The second kappa shape index (κ2) is 11.4. The Morgan fingerprint density at radius 2 is 1.67 bits per heavy atom. The van der Waals surface area contributed by atoms with Crippen molar-refractivity contribution in [1.29, 1.82) is 0 Å². The van der Waals surface area contributed by atoms with Crippen molar-refractivity contribution in [2.75, 3.05) is 13.1 Å². The first-order chi connectivity index (χ1) is 10.2. The van der Waals surface area contributed by atoms with Crippen LogP contribution in [0.25, 0.3) is 0 Å².